The largest absolute Gasteiger partial charge is 0.402 e. The number of rotatable bonds is 1. The van der Waals surface area contributed by atoms with Gasteiger partial charge in [0.1, 0.15) is 0 Å². The number of hydrogen-bond acceptors (Lipinski definition) is 2. The monoisotopic (exact) mass is 154 g/mol. The van der Waals surface area contributed by atoms with Gasteiger partial charge in [-0.05, 0) is 12.5 Å². The lowest BCUT2D eigenvalue weighted by Crippen LogP contribution is -2.26. The quantitative estimate of drug-likeness (QED) is 0.611. The SMILES string of the molecule is C=C(N)C1CN(C)CC1(C)C. The highest BCUT2D eigenvalue weighted by Crippen LogP contribution is 2.36. The van der Waals surface area contributed by atoms with Gasteiger partial charge in [0.15, 0.2) is 0 Å². The molecule has 0 spiro atoms. The van der Waals surface area contributed by atoms with Crippen LogP contribution in [0.15, 0.2) is 12.3 Å². The highest BCUT2D eigenvalue weighted by atomic mass is 15.1. The molecule has 2 heteroatoms. The van der Waals surface area contributed by atoms with Crippen molar-refractivity contribution in [1.29, 1.82) is 0 Å². The molecule has 2 nitrogen and oxygen atoms in total. The van der Waals surface area contributed by atoms with Gasteiger partial charge in [-0.25, -0.2) is 0 Å². The third-order valence-corrected chi connectivity index (χ3v) is 2.56. The van der Waals surface area contributed by atoms with E-state index in [4.69, 9.17) is 5.73 Å². The van der Waals surface area contributed by atoms with E-state index in [1.165, 1.54) is 0 Å². The Morgan fingerprint density at radius 3 is 2.36 bits per heavy atom. The van der Waals surface area contributed by atoms with Gasteiger partial charge in [0.25, 0.3) is 0 Å². The van der Waals surface area contributed by atoms with E-state index >= 15 is 0 Å². The molecule has 1 atom stereocenters. The Hall–Kier alpha value is -0.500. The summed E-state index contributed by atoms with van der Waals surface area (Å²) in [7, 11) is 2.13. The van der Waals surface area contributed by atoms with E-state index in [0.717, 1.165) is 18.8 Å². The van der Waals surface area contributed by atoms with Crippen LogP contribution in [0.25, 0.3) is 0 Å². The van der Waals surface area contributed by atoms with Crippen LogP contribution in [-0.4, -0.2) is 25.0 Å². The molecule has 0 radical (unpaired) electrons. The van der Waals surface area contributed by atoms with Gasteiger partial charge in [0, 0.05) is 24.7 Å². The summed E-state index contributed by atoms with van der Waals surface area (Å²) >= 11 is 0. The third kappa shape index (κ3) is 1.56. The summed E-state index contributed by atoms with van der Waals surface area (Å²) in [6, 6.07) is 0. The zero-order valence-electron chi connectivity index (χ0n) is 7.72. The van der Waals surface area contributed by atoms with Crippen molar-refractivity contribution in [3.63, 3.8) is 0 Å². The molecule has 0 aromatic heterocycles. The first-order valence-corrected chi connectivity index (χ1v) is 4.06. The van der Waals surface area contributed by atoms with E-state index in [9.17, 15) is 0 Å². The van der Waals surface area contributed by atoms with Crippen LogP contribution in [0.5, 0.6) is 0 Å². The van der Waals surface area contributed by atoms with E-state index in [2.05, 4.69) is 32.4 Å². The van der Waals surface area contributed by atoms with Crippen LogP contribution in [0.3, 0.4) is 0 Å². The molecule has 0 aromatic carbocycles. The Morgan fingerprint density at radius 1 is 1.64 bits per heavy atom. The van der Waals surface area contributed by atoms with Crippen LogP contribution < -0.4 is 5.73 Å². The molecular weight excluding hydrogens is 136 g/mol. The summed E-state index contributed by atoms with van der Waals surface area (Å²) in [5.74, 6) is 0.465. The minimum absolute atomic E-state index is 0.306. The van der Waals surface area contributed by atoms with Crippen LogP contribution in [0, 0.1) is 11.3 Å². The lowest BCUT2D eigenvalue weighted by Gasteiger charge is -2.25. The molecule has 11 heavy (non-hydrogen) atoms. The summed E-state index contributed by atoms with van der Waals surface area (Å²) in [6.45, 7) is 10.5. The molecule has 0 saturated carbocycles. The van der Waals surface area contributed by atoms with Crippen molar-refractivity contribution in [3.05, 3.63) is 12.3 Å². The zero-order valence-corrected chi connectivity index (χ0v) is 7.72. The van der Waals surface area contributed by atoms with Crippen molar-refractivity contribution in [2.24, 2.45) is 17.1 Å². The minimum atomic E-state index is 0.306. The fraction of sp³-hybridized carbons (Fsp3) is 0.778. The highest BCUT2D eigenvalue weighted by molar-refractivity contribution is 5.06. The predicted molar refractivity (Wildman–Crippen MR) is 48.1 cm³/mol. The Balaban J connectivity index is 2.74. The first-order chi connectivity index (χ1) is 4.93. The maximum Gasteiger partial charge on any atom is 0.0169 e. The minimum Gasteiger partial charge on any atom is -0.402 e. The van der Waals surface area contributed by atoms with Gasteiger partial charge < -0.3 is 10.6 Å². The van der Waals surface area contributed by atoms with Gasteiger partial charge in [-0.15, -0.1) is 0 Å². The standard InChI is InChI=1S/C9H18N2/c1-7(10)8-5-11(4)6-9(8,2)3/h8H,1,5-6,10H2,2-4H3. The van der Waals surface area contributed by atoms with Crippen molar-refractivity contribution in [2.75, 3.05) is 20.1 Å². The molecule has 1 rings (SSSR count). The Kier molecular flexibility index (Phi) is 1.97. The molecule has 64 valence electrons. The maximum atomic E-state index is 5.71. The van der Waals surface area contributed by atoms with E-state index in [-0.39, 0.29) is 0 Å². The maximum absolute atomic E-state index is 5.71. The lowest BCUT2D eigenvalue weighted by atomic mass is 9.80. The van der Waals surface area contributed by atoms with Gasteiger partial charge in [-0.2, -0.15) is 0 Å². The van der Waals surface area contributed by atoms with Crippen molar-refractivity contribution in [1.82, 2.24) is 4.90 Å². The van der Waals surface area contributed by atoms with Gasteiger partial charge >= 0.3 is 0 Å². The Morgan fingerprint density at radius 2 is 2.18 bits per heavy atom. The zero-order chi connectivity index (χ0) is 8.65. The van der Waals surface area contributed by atoms with Crippen molar-refractivity contribution in [3.8, 4) is 0 Å². The van der Waals surface area contributed by atoms with Gasteiger partial charge in [-0.3, -0.25) is 0 Å². The summed E-state index contributed by atoms with van der Waals surface area (Å²) in [5, 5.41) is 0. The molecule has 1 unspecified atom stereocenters. The van der Waals surface area contributed by atoms with E-state index in [1.807, 2.05) is 0 Å². The molecule has 1 aliphatic rings. The third-order valence-electron chi connectivity index (χ3n) is 2.56. The second-order valence-electron chi connectivity index (χ2n) is 4.31. The first kappa shape index (κ1) is 8.60. The van der Waals surface area contributed by atoms with Crippen LogP contribution >= 0.6 is 0 Å². The Labute approximate surface area is 69.1 Å². The Bertz CT molecular complexity index is 172. The molecule has 0 bridgehead atoms. The molecule has 1 saturated heterocycles. The normalized spacial score (nSPS) is 30.6. The molecule has 0 amide bonds. The molecule has 1 fully saturated rings. The van der Waals surface area contributed by atoms with Crippen LogP contribution in [0.2, 0.25) is 0 Å². The van der Waals surface area contributed by atoms with Crippen molar-refractivity contribution in [2.45, 2.75) is 13.8 Å². The van der Waals surface area contributed by atoms with E-state index in [0.29, 0.717) is 11.3 Å². The molecule has 1 heterocycles. The molecular formula is C9H18N2. The highest BCUT2D eigenvalue weighted by Gasteiger charge is 2.38. The van der Waals surface area contributed by atoms with E-state index < -0.39 is 0 Å². The average molecular weight is 154 g/mol. The van der Waals surface area contributed by atoms with Gasteiger partial charge in [0.05, 0.1) is 0 Å². The van der Waals surface area contributed by atoms with Crippen LogP contribution in [-0.2, 0) is 0 Å². The average Bonchev–Trinajstić information content (AvgIpc) is 2.04. The molecule has 0 aromatic rings. The summed E-state index contributed by atoms with van der Waals surface area (Å²) in [5.41, 5.74) is 6.85. The van der Waals surface area contributed by atoms with Crippen LogP contribution in [0.4, 0.5) is 0 Å². The fourth-order valence-electron chi connectivity index (χ4n) is 2.05. The molecule has 1 aliphatic heterocycles. The number of hydrogen-bond donors (Lipinski definition) is 1. The number of likely N-dealkylation sites (tertiary alicyclic amines) is 1. The van der Waals surface area contributed by atoms with Crippen molar-refractivity contribution >= 4 is 0 Å². The summed E-state index contributed by atoms with van der Waals surface area (Å²) in [4.78, 5) is 2.31. The summed E-state index contributed by atoms with van der Waals surface area (Å²) < 4.78 is 0. The van der Waals surface area contributed by atoms with Gasteiger partial charge in [-0.1, -0.05) is 20.4 Å². The van der Waals surface area contributed by atoms with Crippen LogP contribution in [0.1, 0.15) is 13.8 Å². The fourth-order valence-corrected chi connectivity index (χ4v) is 2.05. The second-order valence-corrected chi connectivity index (χ2v) is 4.31. The van der Waals surface area contributed by atoms with E-state index in [1.54, 1.807) is 0 Å². The topological polar surface area (TPSA) is 29.3 Å². The molecule has 2 N–H and O–H groups in total. The van der Waals surface area contributed by atoms with Crippen molar-refractivity contribution < 1.29 is 0 Å². The predicted octanol–water partition coefficient (Wildman–Crippen LogP) is 1.05. The first-order valence-electron chi connectivity index (χ1n) is 4.06. The smallest absolute Gasteiger partial charge is 0.0169 e. The second kappa shape index (κ2) is 2.52. The lowest BCUT2D eigenvalue weighted by molar-refractivity contribution is 0.306. The molecule has 0 aliphatic carbocycles. The van der Waals surface area contributed by atoms with Gasteiger partial charge in [0.2, 0.25) is 0 Å². The summed E-state index contributed by atoms with van der Waals surface area (Å²) in [6.07, 6.45) is 0. The number of nitrogens with zero attached hydrogens (tertiary/aromatic N) is 1. The number of nitrogens with two attached hydrogens (primary N) is 1.